The maximum absolute atomic E-state index is 6.38. The summed E-state index contributed by atoms with van der Waals surface area (Å²) in [5.74, 6) is 0.910. The average Bonchev–Trinajstić information content (AvgIpc) is 2.81. The number of nitrogens with zero attached hydrogens (tertiary/aromatic N) is 1. The van der Waals surface area contributed by atoms with Crippen molar-refractivity contribution in [3.8, 4) is 0 Å². The molecule has 0 radical (unpaired) electrons. The Kier molecular flexibility index (Phi) is 4.47. The van der Waals surface area contributed by atoms with Gasteiger partial charge >= 0.3 is 0 Å². The molecule has 0 bridgehead atoms. The molecule has 0 saturated heterocycles. The van der Waals surface area contributed by atoms with Crippen molar-refractivity contribution in [2.75, 3.05) is 5.32 Å². The Morgan fingerprint density at radius 3 is 3.05 bits per heavy atom. The first-order chi connectivity index (χ1) is 9.78. The third-order valence-corrected chi connectivity index (χ3v) is 5.57. The molecule has 1 aliphatic rings. The van der Waals surface area contributed by atoms with Crippen LogP contribution in [0, 0.1) is 5.92 Å². The molecule has 1 aromatic heterocycles. The van der Waals surface area contributed by atoms with Crippen LogP contribution in [-0.4, -0.2) is 11.0 Å². The number of anilines is 1. The Bertz CT molecular complexity index is 581. The van der Waals surface area contributed by atoms with Crippen LogP contribution in [0.25, 0.3) is 10.2 Å². The van der Waals surface area contributed by atoms with E-state index < -0.39 is 0 Å². The minimum atomic E-state index is 0.538. The van der Waals surface area contributed by atoms with E-state index >= 15 is 0 Å². The van der Waals surface area contributed by atoms with Crippen molar-refractivity contribution < 1.29 is 0 Å². The Labute approximate surface area is 129 Å². The average molecular weight is 309 g/mol. The van der Waals surface area contributed by atoms with Gasteiger partial charge in [-0.3, -0.25) is 0 Å². The third kappa shape index (κ3) is 2.94. The minimum absolute atomic E-state index is 0.538. The first kappa shape index (κ1) is 14.2. The van der Waals surface area contributed by atoms with E-state index in [1.807, 2.05) is 11.6 Å². The van der Waals surface area contributed by atoms with Gasteiger partial charge in [-0.15, -0.1) is 11.3 Å². The highest BCUT2D eigenvalue weighted by Gasteiger charge is 2.19. The number of aromatic nitrogens is 1. The largest absolute Gasteiger partial charge is 0.379 e. The number of halogens is 1. The molecule has 3 rings (SSSR count). The van der Waals surface area contributed by atoms with E-state index in [2.05, 4.69) is 23.3 Å². The number of rotatable bonds is 3. The summed E-state index contributed by atoms with van der Waals surface area (Å²) in [6.07, 6.45) is 7.83. The molecule has 2 aromatic rings. The Morgan fingerprint density at radius 2 is 2.20 bits per heavy atom. The summed E-state index contributed by atoms with van der Waals surface area (Å²) in [7, 11) is 0. The summed E-state index contributed by atoms with van der Waals surface area (Å²) in [6.45, 7) is 2.31. The van der Waals surface area contributed by atoms with Crippen molar-refractivity contribution in [2.45, 2.75) is 51.5 Å². The number of fused-ring (bicyclic) bond motifs is 1. The number of hydrogen-bond donors (Lipinski definition) is 1. The molecule has 1 saturated carbocycles. The zero-order valence-electron chi connectivity index (χ0n) is 11.9. The molecule has 2 atom stereocenters. The van der Waals surface area contributed by atoms with Crippen molar-refractivity contribution >= 4 is 38.8 Å². The van der Waals surface area contributed by atoms with Gasteiger partial charge in [0.2, 0.25) is 0 Å². The summed E-state index contributed by atoms with van der Waals surface area (Å²) in [4.78, 5) is 4.47. The van der Waals surface area contributed by atoms with Crippen LogP contribution in [0.2, 0.25) is 5.02 Å². The SMILES string of the molecule is CCC1CCCC(Nc2c(Cl)ccc3scnc23)CC1. The van der Waals surface area contributed by atoms with E-state index in [0.29, 0.717) is 6.04 Å². The second-order valence-electron chi connectivity index (χ2n) is 5.75. The number of benzene rings is 1. The molecule has 2 unspecified atom stereocenters. The molecular weight excluding hydrogens is 288 g/mol. The Hall–Kier alpha value is -0.800. The van der Waals surface area contributed by atoms with Crippen molar-refractivity contribution in [3.05, 3.63) is 22.7 Å². The van der Waals surface area contributed by atoms with Crippen LogP contribution in [0.4, 0.5) is 5.69 Å². The molecule has 0 spiro atoms. The van der Waals surface area contributed by atoms with Gasteiger partial charge in [0.05, 0.1) is 20.9 Å². The lowest BCUT2D eigenvalue weighted by atomic mass is 9.98. The summed E-state index contributed by atoms with van der Waals surface area (Å²) in [5, 5.41) is 4.47. The fourth-order valence-electron chi connectivity index (χ4n) is 3.18. The topological polar surface area (TPSA) is 24.9 Å². The smallest absolute Gasteiger partial charge is 0.106 e. The summed E-state index contributed by atoms with van der Waals surface area (Å²) >= 11 is 8.05. The molecule has 1 heterocycles. The summed E-state index contributed by atoms with van der Waals surface area (Å²) in [6, 6.07) is 4.58. The highest BCUT2D eigenvalue weighted by molar-refractivity contribution is 7.16. The van der Waals surface area contributed by atoms with Crippen molar-refractivity contribution in [3.63, 3.8) is 0 Å². The predicted octanol–water partition coefficient (Wildman–Crippen LogP) is 5.72. The third-order valence-electron chi connectivity index (χ3n) is 4.47. The van der Waals surface area contributed by atoms with Crippen LogP contribution in [0.1, 0.15) is 45.4 Å². The molecule has 2 nitrogen and oxygen atoms in total. The van der Waals surface area contributed by atoms with Crippen molar-refractivity contribution in [2.24, 2.45) is 5.92 Å². The standard InChI is InChI=1S/C16H21ClN2S/c1-2-11-4-3-5-12(7-6-11)19-15-13(17)8-9-14-16(15)18-10-20-14/h8-12,19H,2-7H2,1H3. The lowest BCUT2D eigenvalue weighted by Gasteiger charge is -2.19. The zero-order valence-corrected chi connectivity index (χ0v) is 13.4. The molecule has 0 aliphatic heterocycles. The van der Waals surface area contributed by atoms with E-state index in [-0.39, 0.29) is 0 Å². The van der Waals surface area contributed by atoms with E-state index in [0.717, 1.165) is 22.1 Å². The van der Waals surface area contributed by atoms with E-state index in [4.69, 9.17) is 11.6 Å². The van der Waals surface area contributed by atoms with Crippen LogP contribution in [0.15, 0.2) is 17.6 Å². The molecule has 0 amide bonds. The maximum Gasteiger partial charge on any atom is 0.106 e. The van der Waals surface area contributed by atoms with Crippen LogP contribution in [0.5, 0.6) is 0 Å². The van der Waals surface area contributed by atoms with Gasteiger partial charge in [-0.1, -0.05) is 37.8 Å². The van der Waals surface area contributed by atoms with Crippen molar-refractivity contribution in [1.29, 1.82) is 0 Å². The molecule has 1 fully saturated rings. The lowest BCUT2D eigenvalue weighted by molar-refractivity contribution is 0.444. The number of thiazole rings is 1. The Balaban J connectivity index is 1.79. The Morgan fingerprint density at radius 1 is 1.30 bits per heavy atom. The molecule has 4 heteroatoms. The molecule has 20 heavy (non-hydrogen) atoms. The van der Waals surface area contributed by atoms with Gasteiger partial charge in [-0.05, 0) is 37.3 Å². The quantitative estimate of drug-likeness (QED) is 0.733. The molecule has 1 N–H and O–H groups in total. The fraction of sp³-hybridized carbons (Fsp3) is 0.562. The molecule has 1 aromatic carbocycles. The summed E-state index contributed by atoms with van der Waals surface area (Å²) < 4.78 is 1.21. The summed E-state index contributed by atoms with van der Waals surface area (Å²) in [5.41, 5.74) is 3.95. The van der Waals surface area contributed by atoms with Crippen LogP contribution in [0.3, 0.4) is 0 Å². The first-order valence-electron chi connectivity index (χ1n) is 7.56. The molecule has 1 aliphatic carbocycles. The molecule has 108 valence electrons. The van der Waals surface area contributed by atoms with Crippen LogP contribution >= 0.6 is 22.9 Å². The van der Waals surface area contributed by atoms with Gasteiger partial charge in [0, 0.05) is 6.04 Å². The monoisotopic (exact) mass is 308 g/mol. The number of hydrogen-bond acceptors (Lipinski definition) is 3. The van der Waals surface area contributed by atoms with Gasteiger partial charge < -0.3 is 5.32 Å². The van der Waals surface area contributed by atoms with Crippen molar-refractivity contribution in [1.82, 2.24) is 4.98 Å². The van der Waals surface area contributed by atoms with E-state index in [1.165, 1.54) is 43.2 Å². The second kappa shape index (κ2) is 6.31. The zero-order chi connectivity index (χ0) is 13.9. The van der Waals surface area contributed by atoms with Crippen LogP contribution in [-0.2, 0) is 0 Å². The van der Waals surface area contributed by atoms with Gasteiger partial charge in [0.15, 0.2) is 0 Å². The molecular formula is C16H21ClN2S. The van der Waals surface area contributed by atoms with Gasteiger partial charge in [-0.2, -0.15) is 0 Å². The maximum atomic E-state index is 6.38. The van der Waals surface area contributed by atoms with Gasteiger partial charge in [-0.25, -0.2) is 4.98 Å². The normalized spacial score (nSPS) is 23.7. The fourth-order valence-corrected chi connectivity index (χ4v) is 4.07. The predicted molar refractivity (Wildman–Crippen MR) is 88.9 cm³/mol. The lowest BCUT2D eigenvalue weighted by Crippen LogP contribution is -2.19. The van der Waals surface area contributed by atoms with Gasteiger partial charge in [0.1, 0.15) is 5.52 Å². The first-order valence-corrected chi connectivity index (χ1v) is 8.82. The number of nitrogens with one attached hydrogen (secondary N) is 1. The van der Waals surface area contributed by atoms with Gasteiger partial charge in [0.25, 0.3) is 0 Å². The minimum Gasteiger partial charge on any atom is -0.379 e. The highest BCUT2D eigenvalue weighted by Crippen LogP contribution is 2.35. The van der Waals surface area contributed by atoms with Crippen LogP contribution < -0.4 is 5.32 Å². The second-order valence-corrected chi connectivity index (χ2v) is 7.04. The van der Waals surface area contributed by atoms with E-state index in [9.17, 15) is 0 Å². The van der Waals surface area contributed by atoms with E-state index in [1.54, 1.807) is 11.3 Å². The highest BCUT2D eigenvalue weighted by atomic mass is 35.5.